The van der Waals surface area contributed by atoms with Gasteiger partial charge in [-0.2, -0.15) is 0 Å². The molecule has 2 aliphatic carbocycles. The fourth-order valence-electron chi connectivity index (χ4n) is 12.7. The number of hydrogen-bond acceptors (Lipinski definition) is 4. The van der Waals surface area contributed by atoms with Gasteiger partial charge in [0.15, 0.2) is 0 Å². The predicted molar refractivity (Wildman–Crippen MR) is 261 cm³/mol. The van der Waals surface area contributed by atoms with Crippen molar-refractivity contribution in [3.05, 3.63) is 143 Å². The summed E-state index contributed by atoms with van der Waals surface area (Å²) in [4.78, 5) is 0. The zero-order chi connectivity index (χ0) is 43.6. The third-order valence-corrected chi connectivity index (χ3v) is 26.7. The zero-order valence-electron chi connectivity index (χ0n) is 38.1. The van der Waals surface area contributed by atoms with Gasteiger partial charge in [-0.25, -0.2) is 0 Å². The highest BCUT2D eigenvalue weighted by Gasteiger charge is 2.68. The molecule has 1 aliphatic heterocycles. The Balaban J connectivity index is 1.14. The molecule has 2 saturated carbocycles. The fraction of sp³-hybridized carbons (Fsp3) is 0.444. The first-order chi connectivity index (χ1) is 28.8. The molecule has 0 saturated heterocycles. The van der Waals surface area contributed by atoms with Crippen LogP contribution in [0.3, 0.4) is 0 Å². The van der Waals surface area contributed by atoms with Crippen molar-refractivity contribution in [3.8, 4) is 11.5 Å². The molecule has 1 spiro atoms. The summed E-state index contributed by atoms with van der Waals surface area (Å²) < 4.78 is 23.9. The van der Waals surface area contributed by atoms with Crippen molar-refractivity contribution in [1.29, 1.82) is 0 Å². The van der Waals surface area contributed by atoms with E-state index in [-0.39, 0.29) is 27.0 Å². The minimum Gasteiger partial charge on any atom is -0.508 e. The molecule has 0 aromatic heterocycles. The third kappa shape index (κ3) is 6.95. The van der Waals surface area contributed by atoms with Crippen LogP contribution in [0.4, 0.5) is 0 Å². The summed E-state index contributed by atoms with van der Waals surface area (Å²) in [5.74, 6) is 1.74. The van der Waals surface area contributed by atoms with Crippen molar-refractivity contribution in [3.63, 3.8) is 0 Å². The first kappa shape index (κ1) is 44.2. The fourth-order valence-corrected chi connectivity index (χ4v) is 22.6. The molecule has 3 aliphatic rings. The van der Waals surface area contributed by atoms with Gasteiger partial charge in [-0.1, -0.05) is 191 Å². The monoisotopic (exact) mass is 914 g/mol. The van der Waals surface area contributed by atoms with Crippen LogP contribution in [-0.4, -0.2) is 33.4 Å². The second-order valence-electron chi connectivity index (χ2n) is 21.4. The van der Waals surface area contributed by atoms with Gasteiger partial charge in [-0.15, -0.1) is 0 Å². The van der Waals surface area contributed by atoms with E-state index in [0.29, 0.717) is 30.6 Å². The molecule has 0 unspecified atom stereocenters. The van der Waals surface area contributed by atoms with Crippen LogP contribution in [0.15, 0.2) is 132 Å². The molecule has 1 N–H and O–H groups in total. The van der Waals surface area contributed by atoms with Crippen molar-refractivity contribution in [2.75, 3.05) is 0 Å². The van der Waals surface area contributed by atoms with Gasteiger partial charge >= 0.3 is 0 Å². The van der Waals surface area contributed by atoms with Crippen molar-refractivity contribution >= 4 is 53.3 Å². The van der Waals surface area contributed by atoms with Gasteiger partial charge < -0.3 is 18.7 Å². The number of aromatic hydroxyl groups is 1. The quantitative estimate of drug-likeness (QED) is 0.150. The maximum Gasteiger partial charge on any atom is 0.261 e. The average Bonchev–Trinajstić information content (AvgIpc) is 3.66. The van der Waals surface area contributed by atoms with Crippen LogP contribution >= 0.6 is 15.9 Å². The Hall–Kier alpha value is -3.47. The molecular formula is C54H67BrO4Si2. The summed E-state index contributed by atoms with van der Waals surface area (Å²) in [7, 11) is -5.62. The molecule has 322 valence electrons. The Morgan fingerprint density at radius 3 is 1.61 bits per heavy atom. The maximum atomic E-state index is 12.0. The number of phenols is 1. The minimum atomic E-state index is -2.83. The highest BCUT2D eigenvalue weighted by atomic mass is 79.9. The molecule has 61 heavy (non-hydrogen) atoms. The molecule has 0 amide bonds. The van der Waals surface area contributed by atoms with Gasteiger partial charge in [0.2, 0.25) is 0 Å². The van der Waals surface area contributed by atoms with Crippen LogP contribution in [0.2, 0.25) is 10.1 Å². The second-order valence-corrected chi connectivity index (χ2v) is 30.7. The number of benzene rings is 5. The van der Waals surface area contributed by atoms with E-state index < -0.39 is 22.2 Å². The van der Waals surface area contributed by atoms with E-state index in [1.54, 1.807) is 0 Å². The van der Waals surface area contributed by atoms with Crippen LogP contribution in [0.5, 0.6) is 11.5 Å². The summed E-state index contributed by atoms with van der Waals surface area (Å²) >= 11 is 4.08. The molecule has 5 aromatic rings. The minimum absolute atomic E-state index is 0.0662. The number of rotatable bonds is 9. The lowest BCUT2D eigenvalue weighted by Gasteiger charge is -2.65. The predicted octanol–water partition coefficient (Wildman–Crippen LogP) is 11.7. The summed E-state index contributed by atoms with van der Waals surface area (Å²) in [5, 5.41) is 16.9. The van der Waals surface area contributed by atoms with Crippen LogP contribution in [-0.2, 0) is 21.9 Å². The van der Waals surface area contributed by atoms with Gasteiger partial charge in [0, 0.05) is 17.4 Å². The average molecular weight is 916 g/mol. The van der Waals surface area contributed by atoms with Gasteiger partial charge in [-0.05, 0) is 101 Å². The largest absolute Gasteiger partial charge is 0.508 e. The normalized spacial score (nSPS) is 25.1. The van der Waals surface area contributed by atoms with Crippen molar-refractivity contribution in [1.82, 2.24) is 0 Å². The standard InChI is InChI=1S/C54H67BrO4Si2/c1-38-31-32-46-52(8,9)47(59-61(51(5,6)7,42-27-19-13-20-28-42)43-29-21-14-22-30-43)33-34-53(46,10)54(38)36-44-45(56)35-39(48(55)49(44)58-54)37-57-60(50(2,3)4,40-23-15-11-16-24-40)41-25-17-12-18-26-41/h11-30,35,38,46-47,56H,31-34,36-37H2,1-10H3/t38-,46+,47+,53+,54-/m1/s1. The number of halogens is 1. The van der Waals surface area contributed by atoms with Crippen molar-refractivity contribution in [2.45, 2.75) is 130 Å². The van der Waals surface area contributed by atoms with Crippen molar-refractivity contribution < 1.29 is 18.7 Å². The zero-order valence-corrected chi connectivity index (χ0v) is 41.7. The highest BCUT2D eigenvalue weighted by Crippen LogP contribution is 2.68. The van der Waals surface area contributed by atoms with E-state index in [2.05, 4.69) is 206 Å². The molecule has 8 rings (SSSR count). The molecule has 4 nitrogen and oxygen atoms in total. The molecule has 5 aromatic carbocycles. The third-order valence-electron chi connectivity index (χ3n) is 15.8. The second kappa shape index (κ2) is 16.0. The lowest BCUT2D eigenvalue weighted by Crippen LogP contribution is -2.71. The van der Waals surface area contributed by atoms with E-state index in [1.807, 2.05) is 6.07 Å². The van der Waals surface area contributed by atoms with E-state index >= 15 is 0 Å². The Kier molecular flexibility index (Phi) is 11.5. The summed E-state index contributed by atoms with van der Waals surface area (Å²) in [6.45, 7) is 24.3. The lowest BCUT2D eigenvalue weighted by molar-refractivity contribution is -0.207. The van der Waals surface area contributed by atoms with Crippen molar-refractivity contribution in [2.24, 2.45) is 22.7 Å². The topological polar surface area (TPSA) is 47.9 Å². The number of hydrogen-bond donors (Lipinski definition) is 1. The molecule has 7 heteroatoms. The summed E-state index contributed by atoms with van der Waals surface area (Å²) in [6.07, 6.45) is 4.88. The molecule has 0 radical (unpaired) electrons. The van der Waals surface area contributed by atoms with E-state index in [0.717, 1.165) is 47.0 Å². The van der Waals surface area contributed by atoms with Crippen LogP contribution in [0, 0.1) is 22.7 Å². The Morgan fingerprint density at radius 1 is 0.689 bits per heavy atom. The van der Waals surface area contributed by atoms with Crippen LogP contribution in [0.1, 0.15) is 106 Å². The molecule has 1 heterocycles. The SMILES string of the molecule is C[C@@H]1CC[C@H]2C(C)(C)[C@@H](O[Si](c3ccccc3)(c3ccccc3)C(C)(C)C)CC[C@]2(C)[C@@]12Cc1c(O)cc(CO[Si](c3ccccc3)(c3ccccc3)C(C)(C)C)c(Br)c1O2. The number of phenolic OH excluding ortho intramolecular Hbond substituents is 1. The molecule has 5 atom stereocenters. The molecule has 0 bridgehead atoms. The Labute approximate surface area is 376 Å². The summed E-state index contributed by atoms with van der Waals surface area (Å²) in [5.41, 5.74) is 1.05. The van der Waals surface area contributed by atoms with E-state index in [1.165, 1.54) is 20.7 Å². The first-order valence-corrected chi connectivity index (χ1v) is 27.2. The summed E-state index contributed by atoms with van der Waals surface area (Å²) in [6, 6.07) is 45.7. The lowest BCUT2D eigenvalue weighted by atomic mass is 9.43. The highest BCUT2D eigenvalue weighted by molar-refractivity contribution is 9.10. The number of ether oxygens (including phenoxy) is 1. The number of fused-ring (bicyclic) bond motifs is 3. The van der Waals surface area contributed by atoms with Crippen LogP contribution < -0.4 is 25.5 Å². The van der Waals surface area contributed by atoms with E-state index in [9.17, 15) is 5.11 Å². The van der Waals surface area contributed by atoms with Crippen LogP contribution in [0.25, 0.3) is 0 Å². The molecular weight excluding hydrogens is 849 g/mol. The smallest absolute Gasteiger partial charge is 0.261 e. The van der Waals surface area contributed by atoms with Gasteiger partial charge in [0.25, 0.3) is 16.6 Å². The first-order valence-electron chi connectivity index (χ1n) is 22.6. The van der Waals surface area contributed by atoms with Gasteiger partial charge in [-0.3, -0.25) is 0 Å². The van der Waals surface area contributed by atoms with Gasteiger partial charge in [0.1, 0.15) is 17.1 Å². The Morgan fingerprint density at radius 2 is 1.15 bits per heavy atom. The van der Waals surface area contributed by atoms with Gasteiger partial charge in [0.05, 0.1) is 17.2 Å². The maximum absolute atomic E-state index is 12.0. The Bertz CT molecular complexity index is 2240. The molecule has 2 fully saturated rings. The van der Waals surface area contributed by atoms with E-state index in [4.69, 9.17) is 13.6 Å².